The molecule has 0 aliphatic heterocycles. The van der Waals surface area contributed by atoms with Gasteiger partial charge >= 0.3 is 0 Å². The molecule has 0 aliphatic carbocycles. The topological polar surface area (TPSA) is 96.3 Å². The third kappa shape index (κ3) is 6.20. The highest BCUT2D eigenvalue weighted by atomic mass is 32.2. The van der Waals surface area contributed by atoms with E-state index in [-0.39, 0.29) is 12.4 Å². The fourth-order valence-electron chi connectivity index (χ4n) is 1.59. The maximum atomic E-state index is 11.6. The zero-order valence-corrected chi connectivity index (χ0v) is 12.1. The van der Waals surface area contributed by atoms with Crippen LogP contribution < -0.4 is 10.1 Å². The van der Waals surface area contributed by atoms with E-state index < -0.39 is 21.8 Å². The molecule has 1 N–H and O–H groups in total. The third-order valence-electron chi connectivity index (χ3n) is 2.31. The number of nitrogens with zero attached hydrogens (tertiary/aromatic N) is 1. The number of amides is 1. The number of carbonyl (C=O) groups is 1. The number of hydrogen-bond donors (Lipinski definition) is 1. The smallest absolute Gasteiger partial charge is 0.258 e. The summed E-state index contributed by atoms with van der Waals surface area (Å²) in [5.41, 5.74) is 0.503. The number of hydrogen-bond acceptors (Lipinski definition) is 5. The van der Waals surface area contributed by atoms with E-state index in [4.69, 9.17) is 10.00 Å². The predicted octanol–water partition coefficient (Wildman–Crippen LogP) is 0.486. The normalized spacial score (nSPS) is 12.2. The Morgan fingerprint density at radius 2 is 2.00 bits per heavy atom. The van der Waals surface area contributed by atoms with Gasteiger partial charge in [0.05, 0.1) is 17.4 Å². The van der Waals surface area contributed by atoms with Gasteiger partial charge in [-0.2, -0.15) is 5.26 Å². The van der Waals surface area contributed by atoms with Gasteiger partial charge < -0.3 is 10.1 Å². The molecular weight excluding hydrogens is 280 g/mol. The van der Waals surface area contributed by atoms with Crippen LogP contribution >= 0.6 is 0 Å². The van der Waals surface area contributed by atoms with Gasteiger partial charge in [0.1, 0.15) is 15.6 Å². The summed E-state index contributed by atoms with van der Waals surface area (Å²) in [6.45, 7) is 1.40. The average molecular weight is 296 g/mol. The summed E-state index contributed by atoms with van der Waals surface area (Å²) in [6, 6.07) is 7.85. The molecule has 1 aromatic carbocycles. The zero-order valence-electron chi connectivity index (χ0n) is 11.3. The lowest BCUT2D eigenvalue weighted by atomic mass is 10.2. The highest BCUT2D eigenvalue weighted by molar-refractivity contribution is 7.90. The van der Waals surface area contributed by atoms with Gasteiger partial charge in [-0.1, -0.05) is 0 Å². The van der Waals surface area contributed by atoms with Crippen molar-refractivity contribution >= 4 is 15.7 Å². The van der Waals surface area contributed by atoms with Gasteiger partial charge in [0, 0.05) is 12.3 Å². The summed E-state index contributed by atoms with van der Waals surface area (Å²) in [4.78, 5) is 11.6. The Hall–Kier alpha value is -2.07. The molecule has 1 atom stereocenters. The van der Waals surface area contributed by atoms with Gasteiger partial charge in [0.15, 0.2) is 6.61 Å². The van der Waals surface area contributed by atoms with Crippen LogP contribution in [0.15, 0.2) is 24.3 Å². The first kappa shape index (κ1) is 16.0. The zero-order chi connectivity index (χ0) is 15.2. The number of benzene rings is 1. The molecule has 108 valence electrons. The molecule has 0 bridgehead atoms. The fraction of sp³-hybridized carbons (Fsp3) is 0.385. The van der Waals surface area contributed by atoms with E-state index in [1.165, 1.54) is 0 Å². The van der Waals surface area contributed by atoms with Crippen LogP contribution in [0.25, 0.3) is 0 Å². The van der Waals surface area contributed by atoms with Crippen molar-refractivity contribution in [1.82, 2.24) is 5.32 Å². The third-order valence-corrected chi connectivity index (χ3v) is 3.42. The van der Waals surface area contributed by atoms with Crippen LogP contribution in [0, 0.1) is 11.3 Å². The molecule has 1 amide bonds. The molecule has 20 heavy (non-hydrogen) atoms. The number of nitriles is 1. The lowest BCUT2D eigenvalue weighted by Crippen LogP contribution is -2.39. The Kier molecular flexibility index (Phi) is 5.53. The summed E-state index contributed by atoms with van der Waals surface area (Å²) in [7, 11) is -3.13. The molecule has 0 spiro atoms. The predicted molar refractivity (Wildman–Crippen MR) is 74.0 cm³/mol. The molecule has 0 saturated carbocycles. The van der Waals surface area contributed by atoms with E-state index in [0.29, 0.717) is 11.3 Å². The average Bonchev–Trinajstić information content (AvgIpc) is 2.34. The molecule has 1 rings (SSSR count). The first-order valence-electron chi connectivity index (χ1n) is 5.90. The molecule has 0 aliphatic rings. The Morgan fingerprint density at radius 3 is 2.50 bits per heavy atom. The number of ether oxygens (including phenoxy) is 1. The standard InChI is InChI=1S/C13H16N2O4S/c1-10(9-20(2,17)18)15-13(16)8-19-12-5-3-11(7-14)4-6-12/h3-6,10H,8-9H2,1-2H3,(H,15,16). The van der Waals surface area contributed by atoms with Crippen molar-refractivity contribution in [1.29, 1.82) is 5.26 Å². The number of carbonyl (C=O) groups excluding carboxylic acids is 1. The lowest BCUT2D eigenvalue weighted by molar-refractivity contribution is -0.123. The molecular formula is C13H16N2O4S. The number of sulfone groups is 1. The summed E-state index contributed by atoms with van der Waals surface area (Å²) < 4.78 is 27.3. The minimum atomic E-state index is -3.13. The fourth-order valence-corrected chi connectivity index (χ4v) is 2.58. The quantitative estimate of drug-likeness (QED) is 0.824. The Balaban J connectivity index is 2.41. The van der Waals surface area contributed by atoms with E-state index in [0.717, 1.165) is 6.26 Å². The van der Waals surface area contributed by atoms with Crippen LogP contribution in [0.5, 0.6) is 5.75 Å². The molecule has 6 nitrogen and oxygen atoms in total. The van der Waals surface area contributed by atoms with Crippen LogP contribution in [0.4, 0.5) is 0 Å². The van der Waals surface area contributed by atoms with E-state index in [1.54, 1.807) is 31.2 Å². The number of nitrogens with one attached hydrogen (secondary N) is 1. The molecule has 7 heteroatoms. The monoisotopic (exact) mass is 296 g/mol. The molecule has 1 aromatic rings. The van der Waals surface area contributed by atoms with Gasteiger partial charge in [-0.15, -0.1) is 0 Å². The van der Waals surface area contributed by atoms with E-state index >= 15 is 0 Å². The van der Waals surface area contributed by atoms with E-state index in [9.17, 15) is 13.2 Å². The van der Waals surface area contributed by atoms with Crippen molar-refractivity contribution in [3.63, 3.8) is 0 Å². The van der Waals surface area contributed by atoms with Crippen molar-refractivity contribution in [2.75, 3.05) is 18.6 Å². The molecule has 0 fully saturated rings. The summed E-state index contributed by atoms with van der Waals surface area (Å²) in [5, 5.41) is 11.2. The van der Waals surface area contributed by atoms with Crippen molar-refractivity contribution in [3.05, 3.63) is 29.8 Å². The second kappa shape index (κ2) is 6.91. The van der Waals surface area contributed by atoms with Crippen molar-refractivity contribution < 1.29 is 17.9 Å². The first-order chi connectivity index (χ1) is 9.30. The summed E-state index contributed by atoms with van der Waals surface area (Å²) in [5.74, 6) is -0.0456. The highest BCUT2D eigenvalue weighted by Gasteiger charge is 2.13. The largest absolute Gasteiger partial charge is 0.484 e. The van der Waals surface area contributed by atoms with Crippen LogP contribution in [0.1, 0.15) is 12.5 Å². The van der Waals surface area contributed by atoms with Crippen LogP contribution in [-0.2, 0) is 14.6 Å². The summed E-state index contributed by atoms with van der Waals surface area (Å²) >= 11 is 0. The second-order valence-corrected chi connectivity index (χ2v) is 6.67. The lowest BCUT2D eigenvalue weighted by Gasteiger charge is -2.13. The van der Waals surface area contributed by atoms with Crippen molar-refractivity contribution in [2.24, 2.45) is 0 Å². The minimum Gasteiger partial charge on any atom is -0.484 e. The van der Waals surface area contributed by atoms with Crippen molar-refractivity contribution in [3.8, 4) is 11.8 Å². The number of rotatable bonds is 6. The van der Waals surface area contributed by atoms with Gasteiger partial charge in [0.25, 0.3) is 5.91 Å². The van der Waals surface area contributed by atoms with E-state index in [1.807, 2.05) is 6.07 Å². The molecule has 0 radical (unpaired) electrons. The highest BCUT2D eigenvalue weighted by Crippen LogP contribution is 2.11. The van der Waals surface area contributed by atoms with Gasteiger partial charge in [-0.3, -0.25) is 4.79 Å². The molecule has 0 saturated heterocycles. The summed E-state index contributed by atoms with van der Waals surface area (Å²) in [6.07, 6.45) is 1.11. The van der Waals surface area contributed by atoms with Crippen LogP contribution in [0.2, 0.25) is 0 Å². The molecule has 1 unspecified atom stereocenters. The van der Waals surface area contributed by atoms with Gasteiger partial charge in [-0.05, 0) is 31.2 Å². The molecule has 0 heterocycles. The SMILES string of the molecule is CC(CS(C)(=O)=O)NC(=O)COc1ccc(C#N)cc1. The van der Waals surface area contributed by atoms with E-state index in [2.05, 4.69) is 5.32 Å². The second-order valence-electron chi connectivity index (χ2n) is 4.49. The minimum absolute atomic E-state index is 0.115. The van der Waals surface area contributed by atoms with Gasteiger partial charge in [0.2, 0.25) is 0 Å². The Bertz CT molecular complexity index is 602. The maximum Gasteiger partial charge on any atom is 0.258 e. The van der Waals surface area contributed by atoms with Crippen LogP contribution in [0.3, 0.4) is 0 Å². The Labute approximate surface area is 118 Å². The van der Waals surface area contributed by atoms with Gasteiger partial charge in [-0.25, -0.2) is 8.42 Å². The first-order valence-corrected chi connectivity index (χ1v) is 7.96. The molecule has 0 aromatic heterocycles. The maximum absolute atomic E-state index is 11.6. The van der Waals surface area contributed by atoms with Crippen molar-refractivity contribution in [2.45, 2.75) is 13.0 Å². The van der Waals surface area contributed by atoms with Crippen LogP contribution in [-0.4, -0.2) is 39.0 Å². The Morgan fingerprint density at radius 1 is 1.40 bits per heavy atom.